The molecule has 0 aliphatic carbocycles. The Labute approximate surface area is 368 Å². The first-order valence-electron chi connectivity index (χ1n) is 26.1. The maximum Gasteiger partial charge on any atom is 0.306 e. The summed E-state index contributed by atoms with van der Waals surface area (Å²) in [6.07, 6.45) is 43.8. The highest BCUT2D eigenvalue weighted by Gasteiger charge is 2.19. The van der Waals surface area contributed by atoms with Crippen LogP contribution in [0.25, 0.3) is 0 Å². The van der Waals surface area contributed by atoms with Crippen LogP contribution in [0.1, 0.15) is 286 Å². The lowest BCUT2D eigenvalue weighted by molar-refractivity contribution is -0.167. The van der Waals surface area contributed by atoms with Crippen molar-refractivity contribution in [2.24, 2.45) is 17.8 Å². The van der Waals surface area contributed by atoms with Crippen LogP contribution >= 0.6 is 0 Å². The molecule has 0 rings (SSSR count). The number of rotatable bonds is 46. The van der Waals surface area contributed by atoms with Crippen LogP contribution in [0.3, 0.4) is 0 Å². The van der Waals surface area contributed by atoms with Gasteiger partial charge >= 0.3 is 17.9 Å². The molecular weight excluding hydrogens is 733 g/mol. The third-order valence-corrected chi connectivity index (χ3v) is 12.3. The minimum Gasteiger partial charge on any atom is -0.462 e. The molecule has 6 nitrogen and oxygen atoms in total. The van der Waals surface area contributed by atoms with Crippen molar-refractivity contribution in [1.82, 2.24) is 0 Å². The largest absolute Gasteiger partial charge is 0.462 e. The summed E-state index contributed by atoms with van der Waals surface area (Å²) in [7, 11) is 0. The van der Waals surface area contributed by atoms with Gasteiger partial charge in [0.15, 0.2) is 6.10 Å². The Morgan fingerprint density at radius 1 is 0.339 bits per heavy atom. The van der Waals surface area contributed by atoms with E-state index >= 15 is 0 Å². The quantitative estimate of drug-likeness (QED) is 0.0345. The van der Waals surface area contributed by atoms with Crippen LogP contribution in [0.4, 0.5) is 0 Å². The summed E-state index contributed by atoms with van der Waals surface area (Å²) in [6, 6.07) is 0. The van der Waals surface area contributed by atoms with Crippen LogP contribution in [-0.4, -0.2) is 37.2 Å². The van der Waals surface area contributed by atoms with Gasteiger partial charge in [0.05, 0.1) is 0 Å². The summed E-state index contributed by atoms with van der Waals surface area (Å²) >= 11 is 0. The molecule has 0 fully saturated rings. The van der Waals surface area contributed by atoms with Crippen molar-refractivity contribution in [3.63, 3.8) is 0 Å². The highest BCUT2D eigenvalue weighted by molar-refractivity contribution is 5.71. The summed E-state index contributed by atoms with van der Waals surface area (Å²) in [5.74, 6) is 1.63. The Kier molecular flexibility index (Phi) is 43.3. The van der Waals surface area contributed by atoms with Crippen molar-refractivity contribution in [3.05, 3.63) is 0 Å². The first-order valence-corrected chi connectivity index (χ1v) is 26.1. The lowest BCUT2D eigenvalue weighted by atomic mass is 9.99. The van der Waals surface area contributed by atoms with Crippen molar-refractivity contribution in [2.45, 2.75) is 292 Å². The second-order valence-electron chi connectivity index (χ2n) is 19.4. The molecule has 0 bridgehead atoms. The minimum absolute atomic E-state index is 0.0652. The Hall–Kier alpha value is -1.59. The maximum atomic E-state index is 12.8. The van der Waals surface area contributed by atoms with Gasteiger partial charge in [-0.05, 0) is 37.0 Å². The van der Waals surface area contributed by atoms with Gasteiger partial charge < -0.3 is 14.2 Å². The van der Waals surface area contributed by atoms with E-state index in [9.17, 15) is 14.4 Å². The molecule has 0 aromatic carbocycles. The van der Waals surface area contributed by atoms with Gasteiger partial charge in [-0.1, -0.05) is 247 Å². The molecule has 0 aromatic heterocycles. The van der Waals surface area contributed by atoms with Crippen LogP contribution in [0, 0.1) is 17.8 Å². The van der Waals surface area contributed by atoms with E-state index in [2.05, 4.69) is 41.5 Å². The summed E-state index contributed by atoms with van der Waals surface area (Å²) in [5.41, 5.74) is 0. The molecule has 59 heavy (non-hydrogen) atoms. The van der Waals surface area contributed by atoms with Crippen LogP contribution in [0.5, 0.6) is 0 Å². The highest BCUT2D eigenvalue weighted by atomic mass is 16.6. The SMILES string of the molecule is CCC(C)CCCCCCCCCCC(=O)OC[C@H](COC(=O)CCCCCCCCCCCCCCCCCC(C)C)OC(=O)CCCCCCCCCCC(C)C. The molecule has 0 heterocycles. The molecule has 350 valence electrons. The summed E-state index contributed by atoms with van der Waals surface area (Å²) in [6.45, 7) is 13.7. The molecule has 0 saturated heterocycles. The molecule has 1 unspecified atom stereocenters. The standard InChI is InChI=1S/C53H102O6/c1-7-49(6)41-35-29-23-18-20-25-31-37-43-52(55)58-46-50(59-53(56)44-38-32-26-19-17-22-28-34-40-48(4)5)45-57-51(54)42-36-30-24-16-14-12-10-8-9-11-13-15-21-27-33-39-47(2)3/h47-50H,7-46H2,1-6H3/t49?,50-/m0/s1. The van der Waals surface area contributed by atoms with Crippen molar-refractivity contribution < 1.29 is 28.6 Å². The maximum absolute atomic E-state index is 12.8. The van der Waals surface area contributed by atoms with Gasteiger partial charge in [0, 0.05) is 19.3 Å². The molecule has 0 N–H and O–H groups in total. The van der Waals surface area contributed by atoms with Crippen molar-refractivity contribution in [3.8, 4) is 0 Å². The molecule has 0 aliphatic heterocycles. The number of hydrogen-bond donors (Lipinski definition) is 0. The third kappa shape index (κ3) is 45.8. The van der Waals surface area contributed by atoms with Crippen molar-refractivity contribution in [1.29, 1.82) is 0 Å². The second-order valence-corrected chi connectivity index (χ2v) is 19.4. The molecular formula is C53H102O6. The smallest absolute Gasteiger partial charge is 0.306 e. The van der Waals surface area contributed by atoms with E-state index in [1.54, 1.807) is 0 Å². The van der Waals surface area contributed by atoms with E-state index in [4.69, 9.17) is 14.2 Å². The van der Waals surface area contributed by atoms with Gasteiger partial charge in [0.25, 0.3) is 0 Å². The topological polar surface area (TPSA) is 78.9 Å². The predicted molar refractivity (Wildman–Crippen MR) is 252 cm³/mol. The molecule has 6 heteroatoms. The second kappa shape index (κ2) is 44.5. The summed E-state index contributed by atoms with van der Waals surface area (Å²) in [5, 5.41) is 0. The number of hydrogen-bond acceptors (Lipinski definition) is 6. The molecule has 0 aromatic rings. The average Bonchev–Trinajstić information content (AvgIpc) is 3.20. The monoisotopic (exact) mass is 835 g/mol. The van der Waals surface area contributed by atoms with E-state index in [0.717, 1.165) is 75.5 Å². The Morgan fingerprint density at radius 2 is 0.593 bits per heavy atom. The molecule has 0 spiro atoms. The molecule has 0 radical (unpaired) electrons. The lowest BCUT2D eigenvalue weighted by Gasteiger charge is -2.18. The van der Waals surface area contributed by atoms with Gasteiger partial charge in [-0.25, -0.2) is 0 Å². The Morgan fingerprint density at radius 3 is 0.881 bits per heavy atom. The molecule has 0 aliphatic rings. The number of esters is 3. The normalized spacial score (nSPS) is 12.6. The van der Waals surface area contributed by atoms with E-state index in [0.29, 0.717) is 19.3 Å². The van der Waals surface area contributed by atoms with Crippen LogP contribution in [-0.2, 0) is 28.6 Å². The predicted octanol–water partition coefficient (Wildman–Crippen LogP) is 16.8. The van der Waals surface area contributed by atoms with E-state index in [1.165, 1.54) is 167 Å². The average molecular weight is 835 g/mol. The number of carbonyl (C=O) groups excluding carboxylic acids is 3. The highest BCUT2D eigenvalue weighted by Crippen LogP contribution is 2.18. The summed E-state index contributed by atoms with van der Waals surface area (Å²) < 4.78 is 16.8. The zero-order valence-corrected chi connectivity index (χ0v) is 40.5. The zero-order chi connectivity index (χ0) is 43.4. The third-order valence-electron chi connectivity index (χ3n) is 12.3. The van der Waals surface area contributed by atoms with Gasteiger partial charge in [-0.15, -0.1) is 0 Å². The minimum atomic E-state index is -0.763. The zero-order valence-electron chi connectivity index (χ0n) is 40.5. The van der Waals surface area contributed by atoms with Crippen LogP contribution in [0.15, 0.2) is 0 Å². The molecule has 0 amide bonds. The van der Waals surface area contributed by atoms with E-state index in [-0.39, 0.29) is 31.1 Å². The van der Waals surface area contributed by atoms with Crippen LogP contribution in [0.2, 0.25) is 0 Å². The fraction of sp³-hybridized carbons (Fsp3) is 0.943. The van der Waals surface area contributed by atoms with Crippen molar-refractivity contribution in [2.75, 3.05) is 13.2 Å². The Bertz CT molecular complexity index is 916. The first kappa shape index (κ1) is 57.4. The Balaban J connectivity index is 4.27. The lowest BCUT2D eigenvalue weighted by Crippen LogP contribution is -2.30. The number of carbonyl (C=O) groups is 3. The van der Waals surface area contributed by atoms with Gasteiger partial charge in [-0.3, -0.25) is 14.4 Å². The fourth-order valence-electron chi connectivity index (χ4n) is 7.91. The van der Waals surface area contributed by atoms with E-state index in [1.807, 2.05) is 0 Å². The van der Waals surface area contributed by atoms with Gasteiger partial charge in [0.1, 0.15) is 13.2 Å². The van der Waals surface area contributed by atoms with Gasteiger partial charge in [0.2, 0.25) is 0 Å². The number of unbranched alkanes of at least 4 members (excludes halogenated alkanes) is 28. The molecule has 2 atom stereocenters. The number of ether oxygens (including phenoxy) is 3. The van der Waals surface area contributed by atoms with Crippen molar-refractivity contribution >= 4 is 17.9 Å². The first-order chi connectivity index (χ1) is 28.6. The van der Waals surface area contributed by atoms with Crippen LogP contribution < -0.4 is 0 Å². The van der Waals surface area contributed by atoms with Gasteiger partial charge in [-0.2, -0.15) is 0 Å². The molecule has 0 saturated carbocycles. The van der Waals surface area contributed by atoms with E-state index < -0.39 is 6.10 Å². The fourth-order valence-corrected chi connectivity index (χ4v) is 7.91. The summed E-state index contributed by atoms with van der Waals surface area (Å²) in [4.78, 5) is 37.9.